The third-order valence-corrected chi connectivity index (χ3v) is 2.87. The molecule has 0 atom stereocenters. The van der Waals surface area contributed by atoms with E-state index in [-0.39, 0.29) is 49.3 Å². The van der Waals surface area contributed by atoms with Crippen LogP contribution in [0.1, 0.15) is 6.92 Å². The van der Waals surface area contributed by atoms with Gasteiger partial charge >= 0.3 is 0 Å². The average molecular weight is 396 g/mol. The summed E-state index contributed by atoms with van der Waals surface area (Å²) >= 11 is 0. The molecule has 0 fully saturated rings. The Kier molecular flexibility index (Phi) is 21.8. The zero-order valence-corrected chi connectivity index (χ0v) is 15.2. The van der Waals surface area contributed by atoms with Crippen LogP contribution in [0.15, 0.2) is 0 Å². The number of rotatable bonds is 7. The third kappa shape index (κ3) is 21.0. The predicted octanol–water partition coefficient (Wildman–Crippen LogP) is -4.05. The minimum atomic E-state index is 0. The van der Waals surface area contributed by atoms with Gasteiger partial charge < -0.3 is 53.7 Å². The molecule has 0 aliphatic rings. The summed E-state index contributed by atoms with van der Waals surface area (Å²) < 4.78 is 1.60. The molecule has 0 saturated carbocycles. The van der Waals surface area contributed by atoms with Gasteiger partial charge in [0.25, 0.3) is 0 Å². The maximum Gasteiger partial charge on any atom is 0.102 e. The van der Waals surface area contributed by atoms with Gasteiger partial charge in [0.15, 0.2) is 0 Å². The molecule has 0 bridgehead atoms. The Labute approximate surface area is 135 Å². The van der Waals surface area contributed by atoms with Crippen LogP contribution in [0.3, 0.4) is 0 Å². The van der Waals surface area contributed by atoms with Gasteiger partial charge in [0.05, 0.1) is 54.6 Å². The second-order valence-electron chi connectivity index (χ2n) is 5.57. The van der Waals surface area contributed by atoms with Gasteiger partial charge in [0.2, 0.25) is 0 Å². The highest BCUT2D eigenvalue weighted by molar-refractivity contribution is 4.37. The molecule has 0 aliphatic carbocycles. The van der Waals surface area contributed by atoms with Crippen molar-refractivity contribution in [3.8, 4) is 0 Å². The number of aliphatic hydroxyl groups is 3. The fourth-order valence-corrected chi connectivity index (χ4v) is 1.06. The quantitative estimate of drug-likeness (QED) is 0.302. The molecule has 122 valence electrons. The fraction of sp³-hybridized carbons (Fsp3) is 1.00. The number of aliphatic hydroxyl groups excluding tert-OH is 3. The SMILES string of the molecule is CC[N+](C)(C)C.C[N+](CCO)(CCO)CCO.[I-].[OH-]. The molecular weight excluding hydrogens is 363 g/mol. The Hall–Kier alpha value is 0.490. The Bertz CT molecular complexity index is 161. The normalized spacial score (nSPS) is 10.7. The van der Waals surface area contributed by atoms with Gasteiger partial charge in [-0.05, 0) is 6.92 Å². The molecule has 0 unspecified atom stereocenters. The topological polar surface area (TPSA) is 90.7 Å². The molecule has 6 nitrogen and oxygen atoms in total. The Morgan fingerprint density at radius 2 is 0.947 bits per heavy atom. The van der Waals surface area contributed by atoms with Gasteiger partial charge in [0.1, 0.15) is 19.6 Å². The number of nitrogens with zero attached hydrogens (tertiary/aromatic N) is 2. The summed E-state index contributed by atoms with van der Waals surface area (Å²) in [6.45, 7) is 5.42. The predicted molar refractivity (Wildman–Crippen MR) is 72.6 cm³/mol. The lowest BCUT2D eigenvalue weighted by Gasteiger charge is -2.32. The lowest BCUT2D eigenvalue weighted by atomic mass is 10.4. The van der Waals surface area contributed by atoms with Crippen molar-refractivity contribution in [3.05, 3.63) is 0 Å². The second-order valence-corrected chi connectivity index (χ2v) is 5.57. The standard InChI is InChI=1S/C7H18NO3.C5H14N.HI.H2O/c1-8(2-5-9,3-6-10)4-7-11;1-5-6(2,3)4;;/h9-11H,2-7H2,1H3;5H2,1-4H3;1H;1H2/q2*+1;;/p-2. The van der Waals surface area contributed by atoms with Gasteiger partial charge in [0, 0.05) is 0 Å². The molecule has 0 aromatic heterocycles. The van der Waals surface area contributed by atoms with Crippen LogP contribution >= 0.6 is 0 Å². The molecule has 0 heterocycles. The van der Waals surface area contributed by atoms with Gasteiger partial charge in [-0.15, -0.1) is 0 Å². The van der Waals surface area contributed by atoms with Crippen molar-refractivity contribution in [3.63, 3.8) is 0 Å². The molecule has 7 heteroatoms. The maximum absolute atomic E-state index is 8.68. The Morgan fingerprint density at radius 1 is 0.737 bits per heavy atom. The summed E-state index contributed by atoms with van der Waals surface area (Å²) in [5, 5.41) is 26.0. The number of likely N-dealkylation sites (N-methyl/N-ethyl adjacent to an activating group) is 1. The van der Waals surface area contributed by atoms with Crippen LogP contribution in [-0.4, -0.2) is 104 Å². The van der Waals surface area contributed by atoms with Crippen LogP contribution in [0, 0.1) is 0 Å². The monoisotopic (exact) mass is 396 g/mol. The van der Waals surface area contributed by atoms with Crippen molar-refractivity contribution in [2.45, 2.75) is 6.92 Å². The van der Waals surface area contributed by atoms with E-state index in [2.05, 4.69) is 28.1 Å². The molecular formula is C12H33IN2O4. The number of halogens is 1. The van der Waals surface area contributed by atoms with Crippen LogP contribution in [-0.2, 0) is 0 Å². The van der Waals surface area contributed by atoms with Gasteiger partial charge in [-0.1, -0.05) is 0 Å². The molecule has 0 aromatic rings. The molecule has 0 amide bonds. The van der Waals surface area contributed by atoms with Crippen LogP contribution < -0.4 is 24.0 Å². The van der Waals surface area contributed by atoms with E-state index in [4.69, 9.17) is 15.3 Å². The average Bonchev–Trinajstić information content (AvgIpc) is 2.18. The number of hydrogen-bond donors (Lipinski definition) is 3. The van der Waals surface area contributed by atoms with E-state index in [0.29, 0.717) is 24.1 Å². The first-order valence-corrected chi connectivity index (χ1v) is 6.21. The zero-order valence-electron chi connectivity index (χ0n) is 13.0. The number of quaternary nitrogens is 2. The molecule has 19 heavy (non-hydrogen) atoms. The number of hydrogen-bond acceptors (Lipinski definition) is 4. The first kappa shape index (κ1) is 27.8. The molecule has 0 radical (unpaired) electrons. The first-order chi connectivity index (χ1) is 7.74. The van der Waals surface area contributed by atoms with E-state index in [1.54, 1.807) is 0 Å². The summed E-state index contributed by atoms with van der Waals surface area (Å²) in [6, 6.07) is 0. The van der Waals surface area contributed by atoms with Crippen molar-refractivity contribution < 1.29 is 53.7 Å². The van der Waals surface area contributed by atoms with E-state index in [0.717, 1.165) is 4.48 Å². The highest BCUT2D eigenvalue weighted by Gasteiger charge is 2.18. The van der Waals surface area contributed by atoms with Gasteiger partial charge in [-0.2, -0.15) is 0 Å². The van der Waals surface area contributed by atoms with E-state index >= 15 is 0 Å². The summed E-state index contributed by atoms with van der Waals surface area (Å²) in [5.41, 5.74) is 0. The molecule has 4 N–H and O–H groups in total. The van der Waals surface area contributed by atoms with Crippen molar-refractivity contribution in [2.24, 2.45) is 0 Å². The Balaban J connectivity index is -0.000000123. The fourth-order valence-electron chi connectivity index (χ4n) is 1.06. The van der Waals surface area contributed by atoms with E-state index in [1.807, 2.05) is 7.05 Å². The highest BCUT2D eigenvalue weighted by atomic mass is 127. The summed E-state index contributed by atoms with van der Waals surface area (Å²) in [7, 11) is 8.45. The van der Waals surface area contributed by atoms with Crippen LogP contribution in [0.5, 0.6) is 0 Å². The Morgan fingerprint density at radius 3 is 1.05 bits per heavy atom. The van der Waals surface area contributed by atoms with Crippen molar-refractivity contribution in [2.75, 3.05) is 74.2 Å². The van der Waals surface area contributed by atoms with E-state index in [1.165, 1.54) is 6.54 Å². The molecule has 0 aliphatic heterocycles. The van der Waals surface area contributed by atoms with Crippen LogP contribution in [0.4, 0.5) is 0 Å². The van der Waals surface area contributed by atoms with Crippen molar-refractivity contribution >= 4 is 0 Å². The highest BCUT2D eigenvalue weighted by Crippen LogP contribution is 1.99. The van der Waals surface area contributed by atoms with E-state index in [9.17, 15) is 0 Å². The zero-order chi connectivity index (χ0) is 13.9. The van der Waals surface area contributed by atoms with Gasteiger partial charge in [-0.3, -0.25) is 0 Å². The molecule has 0 spiro atoms. The maximum atomic E-state index is 8.68. The lowest BCUT2D eigenvalue weighted by Crippen LogP contribution is -3.00. The molecule has 0 saturated heterocycles. The third-order valence-electron chi connectivity index (χ3n) is 2.87. The van der Waals surface area contributed by atoms with Crippen LogP contribution in [0.25, 0.3) is 0 Å². The first-order valence-electron chi connectivity index (χ1n) is 6.21. The summed E-state index contributed by atoms with van der Waals surface area (Å²) in [6.07, 6.45) is 0. The smallest absolute Gasteiger partial charge is 0.102 e. The largest absolute Gasteiger partial charge is 1.00 e. The van der Waals surface area contributed by atoms with Crippen molar-refractivity contribution in [1.29, 1.82) is 0 Å². The lowest BCUT2D eigenvalue weighted by molar-refractivity contribution is -0.910. The molecule has 0 rings (SSSR count). The summed E-state index contributed by atoms with van der Waals surface area (Å²) in [5.74, 6) is 0. The minimum absolute atomic E-state index is 0. The van der Waals surface area contributed by atoms with Crippen molar-refractivity contribution in [1.82, 2.24) is 0 Å². The van der Waals surface area contributed by atoms with Crippen LogP contribution in [0.2, 0.25) is 0 Å². The van der Waals surface area contributed by atoms with E-state index < -0.39 is 0 Å². The summed E-state index contributed by atoms with van der Waals surface area (Å²) in [4.78, 5) is 0. The van der Waals surface area contributed by atoms with Gasteiger partial charge in [-0.25, -0.2) is 0 Å². The second kappa shape index (κ2) is 14.9. The minimum Gasteiger partial charge on any atom is -1.00 e. The molecule has 0 aromatic carbocycles.